The summed E-state index contributed by atoms with van der Waals surface area (Å²) in [5.41, 5.74) is 5.13. The molecule has 2 fully saturated rings. The molecule has 178 valence electrons. The highest BCUT2D eigenvalue weighted by molar-refractivity contribution is 6.30. The predicted molar refractivity (Wildman–Crippen MR) is 133 cm³/mol. The number of rotatable bonds is 4. The number of aliphatic hydroxyl groups excluding tert-OH is 1. The minimum absolute atomic E-state index is 0.0546. The van der Waals surface area contributed by atoms with Crippen molar-refractivity contribution in [2.75, 3.05) is 0 Å². The van der Waals surface area contributed by atoms with E-state index in [0.717, 1.165) is 36.8 Å². The van der Waals surface area contributed by atoms with Crippen molar-refractivity contribution in [1.82, 2.24) is 20.7 Å². The summed E-state index contributed by atoms with van der Waals surface area (Å²) in [6, 6.07) is 11.4. The highest BCUT2D eigenvalue weighted by atomic mass is 35.5. The lowest BCUT2D eigenvalue weighted by molar-refractivity contribution is 0.121. The molecule has 1 aliphatic heterocycles. The van der Waals surface area contributed by atoms with E-state index < -0.39 is 5.54 Å². The number of amides is 2. The summed E-state index contributed by atoms with van der Waals surface area (Å²) in [7, 11) is 0. The van der Waals surface area contributed by atoms with Crippen LogP contribution in [-0.4, -0.2) is 27.2 Å². The van der Waals surface area contributed by atoms with E-state index in [1.807, 2.05) is 54.7 Å². The number of aromatic nitrogens is 1. The summed E-state index contributed by atoms with van der Waals surface area (Å²) in [6.45, 7) is 0. The van der Waals surface area contributed by atoms with E-state index in [0.29, 0.717) is 23.6 Å². The fourth-order valence-electron chi connectivity index (χ4n) is 5.67. The maximum atomic E-state index is 13.9. The number of nitrogens with one attached hydrogen (secondary N) is 2. The van der Waals surface area contributed by atoms with E-state index in [9.17, 15) is 9.90 Å². The van der Waals surface area contributed by atoms with Gasteiger partial charge in [-0.2, -0.15) is 0 Å². The van der Waals surface area contributed by atoms with Gasteiger partial charge in [0.15, 0.2) is 0 Å². The Kier molecular flexibility index (Phi) is 6.61. The number of benzene rings is 1. The van der Waals surface area contributed by atoms with Gasteiger partial charge >= 0.3 is 6.03 Å². The van der Waals surface area contributed by atoms with Crippen molar-refractivity contribution < 1.29 is 9.90 Å². The van der Waals surface area contributed by atoms with Crippen LogP contribution >= 0.6 is 11.6 Å². The summed E-state index contributed by atoms with van der Waals surface area (Å²) in [5, 5.41) is 16.5. The third-order valence-electron chi connectivity index (χ3n) is 7.50. The average molecular weight is 479 g/mol. The highest BCUT2D eigenvalue weighted by Crippen LogP contribution is 2.40. The molecule has 7 heteroatoms. The first-order valence-corrected chi connectivity index (χ1v) is 12.5. The number of aliphatic hydroxyl groups is 1. The van der Waals surface area contributed by atoms with Crippen molar-refractivity contribution in [2.24, 2.45) is 5.92 Å². The van der Waals surface area contributed by atoms with Crippen LogP contribution in [0.3, 0.4) is 0 Å². The van der Waals surface area contributed by atoms with E-state index in [-0.39, 0.29) is 24.0 Å². The van der Waals surface area contributed by atoms with Crippen LogP contribution in [0.1, 0.15) is 62.1 Å². The third-order valence-corrected chi connectivity index (χ3v) is 7.75. The molecule has 1 aromatic carbocycles. The van der Waals surface area contributed by atoms with Crippen molar-refractivity contribution in [3.05, 3.63) is 88.9 Å². The Hall–Kier alpha value is -2.83. The number of hydrogen-bond donors (Lipinski definition) is 3. The van der Waals surface area contributed by atoms with Crippen molar-refractivity contribution in [3.8, 4) is 0 Å². The van der Waals surface area contributed by atoms with Gasteiger partial charge in [0, 0.05) is 23.3 Å². The topological polar surface area (TPSA) is 77.5 Å². The minimum Gasteiger partial charge on any atom is -0.512 e. The molecule has 2 aromatic rings. The Balaban J connectivity index is 1.43. The molecule has 5 rings (SSSR count). The molecule has 3 N–H and O–H groups in total. The van der Waals surface area contributed by atoms with Gasteiger partial charge in [0.2, 0.25) is 0 Å². The Bertz CT molecular complexity index is 1060. The number of halogens is 1. The zero-order chi connectivity index (χ0) is 23.5. The summed E-state index contributed by atoms with van der Waals surface area (Å²) >= 11 is 6.15. The normalized spacial score (nSPS) is 26.2. The number of hydrazine groups is 1. The molecule has 1 aromatic heterocycles. The second-order valence-electron chi connectivity index (χ2n) is 9.58. The van der Waals surface area contributed by atoms with Crippen LogP contribution in [0.15, 0.2) is 72.8 Å². The number of nitrogens with zero attached hydrogens (tertiary/aromatic N) is 2. The molecule has 3 atom stereocenters. The van der Waals surface area contributed by atoms with Crippen molar-refractivity contribution >= 4 is 17.6 Å². The van der Waals surface area contributed by atoms with Crippen LogP contribution in [0.25, 0.3) is 0 Å². The molecule has 2 aliphatic carbocycles. The lowest BCUT2D eigenvalue weighted by Gasteiger charge is -2.41. The minimum atomic E-state index is -0.428. The van der Waals surface area contributed by atoms with Gasteiger partial charge in [-0.05, 0) is 61.1 Å². The van der Waals surface area contributed by atoms with Crippen LogP contribution < -0.4 is 10.7 Å². The van der Waals surface area contributed by atoms with Gasteiger partial charge in [-0.1, -0.05) is 61.2 Å². The predicted octanol–water partition coefficient (Wildman–Crippen LogP) is 5.94. The van der Waals surface area contributed by atoms with Crippen molar-refractivity contribution in [3.63, 3.8) is 0 Å². The van der Waals surface area contributed by atoms with Crippen LogP contribution in [0.5, 0.6) is 0 Å². The maximum Gasteiger partial charge on any atom is 0.332 e. The first-order valence-electron chi connectivity index (χ1n) is 12.1. The van der Waals surface area contributed by atoms with Gasteiger partial charge in [-0.15, -0.1) is 0 Å². The lowest BCUT2D eigenvalue weighted by atomic mass is 9.76. The van der Waals surface area contributed by atoms with Gasteiger partial charge in [-0.25, -0.2) is 10.2 Å². The fourth-order valence-corrected chi connectivity index (χ4v) is 5.80. The van der Waals surface area contributed by atoms with Crippen molar-refractivity contribution in [1.29, 1.82) is 0 Å². The first-order chi connectivity index (χ1) is 16.6. The van der Waals surface area contributed by atoms with Gasteiger partial charge in [0.05, 0.1) is 23.4 Å². The molecular weight excluding hydrogens is 448 g/mol. The molecule has 1 saturated carbocycles. The smallest absolute Gasteiger partial charge is 0.332 e. The Labute approximate surface area is 205 Å². The number of hydrogen-bond acceptors (Lipinski definition) is 4. The van der Waals surface area contributed by atoms with Gasteiger partial charge in [0.25, 0.3) is 0 Å². The second kappa shape index (κ2) is 9.80. The number of carbonyl (C=O) groups excluding carboxylic acids is 1. The molecule has 6 nitrogen and oxygen atoms in total. The van der Waals surface area contributed by atoms with Gasteiger partial charge < -0.3 is 10.4 Å². The molecule has 3 aliphatic rings. The zero-order valence-electron chi connectivity index (χ0n) is 19.2. The quantitative estimate of drug-likeness (QED) is 0.508. The van der Waals surface area contributed by atoms with E-state index >= 15 is 0 Å². The van der Waals surface area contributed by atoms with E-state index in [2.05, 4.69) is 15.7 Å². The van der Waals surface area contributed by atoms with E-state index in [1.54, 1.807) is 17.3 Å². The van der Waals surface area contributed by atoms with Crippen LogP contribution in [0.2, 0.25) is 5.02 Å². The summed E-state index contributed by atoms with van der Waals surface area (Å²) in [6.07, 6.45) is 15.7. The SMILES string of the molecule is O=C(NC1(c2ccc(Cl)cc2)CCCCC1)N1NC(c2cccnc2)CC1C1CC=CC=C1O. The molecule has 3 unspecified atom stereocenters. The summed E-state index contributed by atoms with van der Waals surface area (Å²) in [5.74, 6) is 0.173. The Morgan fingerprint density at radius 1 is 1.18 bits per heavy atom. The molecule has 2 amide bonds. The lowest BCUT2D eigenvalue weighted by Crippen LogP contribution is -2.57. The fraction of sp³-hybridized carbons (Fsp3) is 0.407. The average Bonchev–Trinajstić information content (AvgIpc) is 3.31. The molecular formula is C27H31ClN4O2. The summed E-state index contributed by atoms with van der Waals surface area (Å²) in [4.78, 5) is 18.1. The molecule has 1 saturated heterocycles. The first kappa shape index (κ1) is 22.9. The maximum absolute atomic E-state index is 13.9. The number of allylic oxidation sites excluding steroid dienone is 3. The third kappa shape index (κ3) is 4.57. The monoisotopic (exact) mass is 478 g/mol. The molecule has 0 radical (unpaired) electrons. The second-order valence-corrected chi connectivity index (χ2v) is 10.0. The van der Waals surface area contributed by atoms with E-state index in [1.165, 1.54) is 6.42 Å². The largest absolute Gasteiger partial charge is 0.512 e. The Morgan fingerprint density at radius 3 is 2.68 bits per heavy atom. The molecule has 0 spiro atoms. The molecule has 34 heavy (non-hydrogen) atoms. The standard InChI is InChI=1S/C27H31ClN4O2/c28-21-12-10-20(11-13-21)27(14-4-1-5-15-27)30-26(34)32-24(22-8-2-3-9-25(22)33)17-23(31-32)19-7-6-16-29-18-19/h2-3,6-7,9-13,16,18,22-24,31,33H,1,4-5,8,14-15,17H2,(H,30,34). The van der Waals surface area contributed by atoms with Gasteiger partial charge in [0.1, 0.15) is 0 Å². The zero-order valence-corrected chi connectivity index (χ0v) is 19.9. The Morgan fingerprint density at radius 2 is 1.97 bits per heavy atom. The van der Waals surface area contributed by atoms with Gasteiger partial charge in [-0.3, -0.25) is 9.99 Å². The number of urea groups is 1. The number of carbonyl (C=O) groups is 1. The van der Waals surface area contributed by atoms with E-state index in [4.69, 9.17) is 11.6 Å². The number of pyridine rings is 1. The highest BCUT2D eigenvalue weighted by Gasteiger charge is 2.44. The van der Waals surface area contributed by atoms with Crippen LogP contribution in [-0.2, 0) is 5.54 Å². The summed E-state index contributed by atoms with van der Waals surface area (Å²) < 4.78 is 0. The van der Waals surface area contributed by atoms with Crippen LogP contribution in [0, 0.1) is 5.92 Å². The van der Waals surface area contributed by atoms with Crippen LogP contribution in [0.4, 0.5) is 4.79 Å². The molecule has 0 bridgehead atoms. The van der Waals surface area contributed by atoms with Crippen molar-refractivity contribution in [2.45, 2.75) is 62.6 Å². The molecule has 2 heterocycles.